The minimum atomic E-state index is 0.236. The summed E-state index contributed by atoms with van der Waals surface area (Å²) in [5, 5.41) is 4.20. The zero-order valence-corrected chi connectivity index (χ0v) is 9.06. The maximum Gasteiger partial charge on any atom is 0.136 e. The molecule has 1 rings (SSSR count). The summed E-state index contributed by atoms with van der Waals surface area (Å²) < 4.78 is 0. The van der Waals surface area contributed by atoms with Crippen molar-refractivity contribution < 1.29 is 4.79 Å². The van der Waals surface area contributed by atoms with Gasteiger partial charge in [-0.2, -0.15) is 11.3 Å². The minimum absolute atomic E-state index is 0.236. The van der Waals surface area contributed by atoms with Crippen molar-refractivity contribution in [2.24, 2.45) is 5.92 Å². The van der Waals surface area contributed by atoms with Crippen LogP contribution in [0.4, 0.5) is 0 Å². The Balaban J connectivity index is 2.54. The Labute approximate surface area is 83.8 Å². The van der Waals surface area contributed by atoms with E-state index in [0.29, 0.717) is 12.2 Å². The number of thiophene rings is 1. The molecule has 72 valence electrons. The molecule has 1 aromatic heterocycles. The molecule has 1 unspecified atom stereocenters. The molecule has 0 aliphatic rings. The molecule has 0 aromatic carbocycles. The van der Waals surface area contributed by atoms with E-state index in [4.69, 9.17) is 0 Å². The summed E-state index contributed by atoms with van der Waals surface area (Å²) >= 11 is 1.70. The van der Waals surface area contributed by atoms with Crippen LogP contribution in [0, 0.1) is 5.92 Å². The van der Waals surface area contributed by atoms with Gasteiger partial charge in [0.2, 0.25) is 0 Å². The molecule has 0 aliphatic carbocycles. The fourth-order valence-corrected chi connectivity index (χ4v) is 2.15. The van der Waals surface area contributed by atoms with Gasteiger partial charge in [-0.15, -0.1) is 0 Å². The van der Waals surface area contributed by atoms with Crippen molar-refractivity contribution in [2.75, 3.05) is 0 Å². The normalized spacial score (nSPS) is 12.8. The van der Waals surface area contributed by atoms with Crippen molar-refractivity contribution in [3.05, 3.63) is 22.4 Å². The summed E-state index contributed by atoms with van der Waals surface area (Å²) in [5.74, 6) is 0.633. The van der Waals surface area contributed by atoms with Gasteiger partial charge in [0, 0.05) is 12.3 Å². The summed E-state index contributed by atoms with van der Waals surface area (Å²) in [5.41, 5.74) is 1.30. The van der Waals surface area contributed by atoms with Gasteiger partial charge in [0.1, 0.15) is 5.78 Å². The number of rotatable bonds is 5. The van der Waals surface area contributed by atoms with E-state index in [2.05, 4.69) is 23.8 Å². The summed E-state index contributed by atoms with van der Waals surface area (Å²) in [6, 6.07) is 2.11. The lowest BCUT2D eigenvalue weighted by atomic mass is 9.93. The standard InChI is InChI=1S/C11H16OS/c1-3-10(11(12)4-2)7-9-5-6-13-8-9/h5-6,8,10H,3-4,7H2,1-2H3. The van der Waals surface area contributed by atoms with Crippen LogP contribution in [-0.2, 0) is 11.2 Å². The Morgan fingerprint density at radius 1 is 1.54 bits per heavy atom. The van der Waals surface area contributed by atoms with Crippen LogP contribution in [0.3, 0.4) is 0 Å². The fourth-order valence-electron chi connectivity index (χ4n) is 1.47. The minimum Gasteiger partial charge on any atom is -0.299 e. The zero-order chi connectivity index (χ0) is 9.68. The molecule has 0 radical (unpaired) electrons. The average Bonchev–Trinajstić information content (AvgIpc) is 2.65. The molecule has 0 bridgehead atoms. The van der Waals surface area contributed by atoms with Crippen LogP contribution in [0.25, 0.3) is 0 Å². The van der Waals surface area contributed by atoms with E-state index in [9.17, 15) is 4.79 Å². The van der Waals surface area contributed by atoms with Crippen molar-refractivity contribution in [1.29, 1.82) is 0 Å². The van der Waals surface area contributed by atoms with Crippen LogP contribution in [0.2, 0.25) is 0 Å². The lowest BCUT2D eigenvalue weighted by Gasteiger charge is -2.10. The number of hydrogen-bond donors (Lipinski definition) is 0. The lowest BCUT2D eigenvalue weighted by molar-refractivity contribution is -0.122. The lowest BCUT2D eigenvalue weighted by Crippen LogP contribution is -2.14. The highest BCUT2D eigenvalue weighted by molar-refractivity contribution is 7.07. The van der Waals surface area contributed by atoms with Gasteiger partial charge in [0.05, 0.1) is 0 Å². The van der Waals surface area contributed by atoms with Gasteiger partial charge < -0.3 is 0 Å². The highest BCUT2D eigenvalue weighted by Gasteiger charge is 2.14. The summed E-state index contributed by atoms with van der Waals surface area (Å²) in [6.45, 7) is 4.03. The Hall–Kier alpha value is -0.630. The van der Waals surface area contributed by atoms with E-state index >= 15 is 0 Å². The van der Waals surface area contributed by atoms with Crippen molar-refractivity contribution >= 4 is 17.1 Å². The number of ketones is 1. The number of hydrogen-bond acceptors (Lipinski definition) is 2. The second kappa shape index (κ2) is 5.18. The van der Waals surface area contributed by atoms with Gasteiger partial charge in [-0.25, -0.2) is 0 Å². The monoisotopic (exact) mass is 196 g/mol. The summed E-state index contributed by atoms with van der Waals surface area (Å²) in [4.78, 5) is 11.5. The largest absolute Gasteiger partial charge is 0.299 e. The summed E-state index contributed by atoms with van der Waals surface area (Å²) in [6.07, 6.45) is 2.55. The van der Waals surface area contributed by atoms with Gasteiger partial charge in [-0.1, -0.05) is 13.8 Å². The van der Waals surface area contributed by atoms with E-state index in [1.165, 1.54) is 5.56 Å². The molecule has 1 atom stereocenters. The zero-order valence-electron chi connectivity index (χ0n) is 8.25. The third-order valence-electron chi connectivity index (χ3n) is 2.36. The van der Waals surface area contributed by atoms with Crippen LogP contribution in [-0.4, -0.2) is 5.78 Å². The van der Waals surface area contributed by atoms with Gasteiger partial charge in [0.25, 0.3) is 0 Å². The average molecular weight is 196 g/mol. The Morgan fingerprint density at radius 2 is 2.31 bits per heavy atom. The first-order valence-electron chi connectivity index (χ1n) is 4.81. The molecule has 0 saturated carbocycles. The highest BCUT2D eigenvalue weighted by atomic mass is 32.1. The molecular formula is C11H16OS. The third kappa shape index (κ3) is 2.96. The highest BCUT2D eigenvalue weighted by Crippen LogP contribution is 2.16. The molecule has 0 fully saturated rings. The van der Waals surface area contributed by atoms with E-state index in [-0.39, 0.29) is 5.92 Å². The fraction of sp³-hybridized carbons (Fsp3) is 0.545. The van der Waals surface area contributed by atoms with Crippen molar-refractivity contribution in [3.63, 3.8) is 0 Å². The third-order valence-corrected chi connectivity index (χ3v) is 3.09. The topological polar surface area (TPSA) is 17.1 Å². The van der Waals surface area contributed by atoms with Crippen LogP contribution < -0.4 is 0 Å². The molecule has 0 spiro atoms. The van der Waals surface area contributed by atoms with Crippen LogP contribution >= 0.6 is 11.3 Å². The molecule has 1 nitrogen and oxygen atoms in total. The van der Waals surface area contributed by atoms with Crippen LogP contribution in [0.5, 0.6) is 0 Å². The molecule has 0 amide bonds. The molecule has 1 heterocycles. The van der Waals surface area contributed by atoms with E-state index in [1.807, 2.05) is 6.92 Å². The first-order chi connectivity index (χ1) is 6.27. The maximum absolute atomic E-state index is 11.5. The Morgan fingerprint density at radius 3 is 2.77 bits per heavy atom. The molecule has 2 heteroatoms. The molecule has 13 heavy (non-hydrogen) atoms. The van der Waals surface area contributed by atoms with Gasteiger partial charge in [0.15, 0.2) is 0 Å². The first kappa shape index (κ1) is 10.5. The number of carbonyl (C=O) groups excluding carboxylic acids is 1. The number of carbonyl (C=O) groups is 1. The first-order valence-corrected chi connectivity index (χ1v) is 5.76. The quantitative estimate of drug-likeness (QED) is 0.706. The van der Waals surface area contributed by atoms with Crippen molar-refractivity contribution in [3.8, 4) is 0 Å². The van der Waals surface area contributed by atoms with Gasteiger partial charge in [-0.3, -0.25) is 4.79 Å². The SMILES string of the molecule is CCC(=O)C(CC)Cc1ccsc1. The molecule has 0 N–H and O–H groups in total. The molecular weight excluding hydrogens is 180 g/mol. The van der Waals surface area contributed by atoms with Crippen molar-refractivity contribution in [2.45, 2.75) is 33.1 Å². The van der Waals surface area contributed by atoms with Gasteiger partial charge in [-0.05, 0) is 35.2 Å². The van der Waals surface area contributed by atoms with E-state index in [0.717, 1.165) is 12.8 Å². The summed E-state index contributed by atoms with van der Waals surface area (Å²) in [7, 11) is 0. The Bertz CT molecular complexity index is 251. The number of Topliss-reactive ketones (excluding diaryl/α,β-unsaturated/α-hetero) is 1. The van der Waals surface area contributed by atoms with E-state index < -0.39 is 0 Å². The predicted molar refractivity (Wildman–Crippen MR) is 57.1 cm³/mol. The molecule has 0 aliphatic heterocycles. The maximum atomic E-state index is 11.5. The molecule has 0 saturated heterocycles. The van der Waals surface area contributed by atoms with Crippen LogP contribution in [0.15, 0.2) is 16.8 Å². The predicted octanol–water partition coefficient (Wildman–Crippen LogP) is 3.30. The van der Waals surface area contributed by atoms with Crippen molar-refractivity contribution in [1.82, 2.24) is 0 Å². The Kier molecular flexibility index (Phi) is 4.16. The second-order valence-corrected chi connectivity index (χ2v) is 4.04. The van der Waals surface area contributed by atoms with E-state index in [1.54, 1.807) is 11.3 Å². The van der Waals surface area contributed by atoms with Gasteiger partial charge >= 0.3 is 0 Å². The smallest absolute Gasteiger partial charge is 0.136 e. The molecule has 1 aromatic rings. The second-order valence-electron chi connectivity index (χ2n) is 3.26. The van der Waals surface area contributed by atoms with Crippen LogP contribution in [0.1, 0.15) is 32.3 Å².